The van der Waals surface area contributed by atoms with E-state index in [4.69, 9.17) is 38.4 Å². The smallest absolute Gasteiger partial charge is 0.306 e. The Bertz CT molecular complexity index is 493. The van der Waals surface area contributed by atoms with Crippen molar-refractivity contribution in [3.63, 3.8) is 0 Å². The van der Waals surface area contributed by atoms with Crippen molar-refractivity contribution in [1.29, 1.82) is 0 Å². The zero-order valence-electron chi connectivity index (χ0n) is 10.9. The van der Waals surface area contributed by atoms with Gasteiger partial charge in [0.2, 0.25) is 0 Å². The van der Waals surface area contributed by atoms with Crippen LogP contribution in [0.2, 0.25) is 10.0 Å². The molecule has 1 amide bonds. The van der Waals surface area contributed by atoms with Gasteiger partial charge in [0, 0.05) is 11.4 Å². The number of benzene rings is 1. The van der Waals surface area contributed by atoms with Gasteiger partial charge in [-0.05, 0) is 31.5 Å². The second kappa shape index (κ2) is 7.97. The van der Waals surface area contributed by atoms with Crippen LogP contribution in [0.1, 0.15) is 19.8 Å². The number of esters is 1. The Morgan fingerprint density at radius 2 is 2.05 bits per heavy atom. The van der Waals surface area contributed by atoms with Crippen LogP contribution in [-0.2, 0) is 14.3 Å². The lowest BCUT2D eigenvalue weighted by molar-refractivity contribution is -0.153. The molecule has 0 fully saturated rings. The maximum absolute atomic E-state index is 11.4. The first-order valence-corrected chi connectivity index (χ1v) is 6.72. The van der Waals surface area contributed by atoms with E-state index >= 15 is 0 Å². The van der Waals surface area contributed by atoms with Crippen LogP contribution in [0.15, 0.2) is 18.2 Å². The highest BCUT2D eigenvalue weighted by Gasteiger charge is 2.14. The average Bonchev–Trinajstić information content (AvgIpc) is 2.36. The van der Waals surface area contributed by atoms with Crippen LogP contribution >= 0.6 is 23.2 Å². The molecule has 0 bridgehead atoms. The molecule has 0 heterocycles. The zero-order valence-corrected chi connectivity index (χ0v) is 12.4. The minimum atomic E-state index is -0.922. The van der Waals surface area contributed by atoms with Gasteiger partial charge in [-0.1, -0.05) is 23.2 Å². The number of halogens is 2. The largest absolute Gasteiger partial charge is 0.492 e. The SMILES string of the molecule is C[C@H](OC(=O)CCCOc1ccc(Cl)cc1Cl)C(N)=O. The number of ether oxygens (including phenoxy) is 2. The van der Waals surface area contributed by atoms with Gasteiger partial charge in [-0.15, -0.1) is 0 Å². The average molecular weight is 320 g/mol. The molecule has 1 rings (SSSR count). The predicted octanol–water partition coefficient (Wildman–Crippen LogP) is 2.57. The number of rotatable bonds is 7. The summed E-state index contributed by atoms with van der Waals surface area (Å²) in [5, 5.41) is 0.925. The molecule has 2 N–H and O–H groups in total. The molecular formula is C13H15Cl2NO4. The standard InChI is InChI=1S/C13H15Cl2NO4/c1-8(13(16)18)20-12(17)3-2-6-19-11-5-4-9(14)7-10(11)15/h4-5,7-8H,2-3,6H2,1H3,(H2,16,18)/t8-/m0/s1. The molecule has 0 radical (unpaired) electrons. The molecule has 7 heteroatoms. The molecule has 0 aliphatic rings. The summed E-state index contributed by atoms with van der Waals surface area (Å²) < 4.78 is 10.2. The molecule has 0 saturated heterocycles. The first kappa shape index (κ1) is 16.6. The highest BCUT2D eigenvalue weighted by atomic mass is 35.5. The first-order chi connectivity index (χ1) is 9.40. The fourth-order valence-corrected chi connectivity index (χ4v) is 1.77. The maximum atomic E-state index is 11.4. The summed E-state index contributed by atoms with van der Waals surface area (Å²) >= 11 is 11.7. The molecule has 0 unspecified atom stereocenters. The monoisotopic (exact) mass is 319 g/mol. The molecule has 1 atom stereocenters. The van der Waals surface area contributed by atoms with Gasteiger partial charge in [0.1, 0.15) is 5.75 Å². The molecule has 0 aromatic heterocycles. The number of carbonyl (C=O) groups excluding carboxylic acids is 2. The minimum Gasteiger partial charge on any atom is -0.492 e. The summed E-state index contributed by atoms with van der Waals surface area (Å²) in [6, 6.07) is 4.88. The Morgan fingerprint density at radius 3 is 2.65 bits per heavy atom. The second-order valence-electron chi connectivity index (χ2n) is 4.06. The molecule has 0 spiro atoms. The summed E-state index contributed by atoms with van der Waals surface area (Å²) in [6.07, 6.45) is -0.360. The number of hydrogen-bond donors (Lipinski definition) is 1. The molecule has 1 aromatic carbocycles. The zero-order chi connectivity index (χ0) is 15.1. The third-order valence-corrected chi connectivity index (χ3v) is 2.92. The Morgan fingerprint density at radius 1 is 1.35 bits per heavy atom. The molecule has 20 heavy (non-hydrogen) atoms. The quantitative estimate of drug-likeness (QED) is 0.618. The van der Waals surface area contributed by atoms with Crippen LogP contribution in [0.3, 0.4) is 0 Å². The molecule has 0 aliphatic carbocycles. The van der Waals surface area contributed by atoms with E-state index in [1.54, 1.807) is 18.2 Å². The predicted molar refractivity (Wildman–Crippen MR) is 75.9 cm³/mol. The third-order valence-electron chi connectivity index (χ3n) is 2.39. The molecule has 0 saturated carbocycles. The highest BCUT2D eigenvalue weighted by molar-refractivity contribution is 6.35. The molecule has 0 aliphatic heterocycles. The van der Waals surface area contributed by atoms with E-state index < -0.39 is 18.0 Å². The van der Waals surface area contributed by atoms with Crippen LogP contribution in [0, 0.1) is 0 Å². The van der Waals surface area contributed by atoms with E-state index in [1.807, 2.05) is 0 Å². The topological polar surface area (TPSA) is 78.6 Å². The first-order valence-electron chi connectivity index (χ1n) is 5.97. The minimum absolute atomic E-state index is 0.128. The van der Waals surface area contributed by atoms with Gasteiger partial charge >= 0.3 is 5.97 Å². The van der Waals surface area contributed by atoms with Gasteiger partial charge in [-0.2, -0.15) is 0 Å². The van der Waals surface area contributed by atoms with Crippen molar-refractivity contribution in [2.24, 2.45) is 5.73 Å². The Hall–Kier alpha value is -1.46. The van der Waals surface area contributed by atoms with Crippen LogP contribution in [0.5, 0.6) is 5.75 Å². The van der Waals surface area contributed by atoms with Crippen molar-refractivity contribution in [3.05, 3.63) is 28.2 Å². The van der Waals surface area contributed by atoms with E-state index in [1.165, 1.54) is 6.92 Å². The molecular weight excluding hydrogens is 305 g/mol. The lowest BCUT2D eigenvalue weighted by Crippen LogP contribution is -2.30. The van der Waals surface area contributed by atoms with Crippen molar-refractivity contribution in [2.75, 3.05) is 6.61 Å². The summed E-state index contributed by atoms with van der Waals surface area (Å²) in [5.74, 6) is -0.681. The maximum Gasteiger partial charge on any atom is 0.306 e. The van der Waals surface area contributed by atoms with Gasteiger partial charge in [0.15, 0.2) is 6.10 Å². The lowest BCUT2D eigenvalue weighted by atomic mass is 10.3. The number of primary amides is 1. The van der Waals surface area contributed by atoms with E-state index in [9.17, 15) is 9.59 Å². The normalized spacial score (nSPS) is 11.8. The van der Waals surface area contributed by atoms with Gasteiger partial charge in [0.25, 0.3) is 5.91 Å². The fraction of sp³-hybridized carbons (Fsp3) is 0.385. The molecule has 1 aromatic rings. The van der Waals surface area contributed by atoms with Crippen molar-refractivity contribution >= 4 is 35.1 Å². The Balaban J connectivity index is 2.28. The van der Waals surface area contributed by atoms with Gasteiger partial charge in [0.05, 0.1) is 11.6 Å². The number of hydrogen-bond acceptors (Lipinski definition) is 4. The third kappa shape index (κ3) is 5.67. The van der Waals surface area contributed by atoms with E-state index in [0.29, 0.717) is 28.8 Å². The van der Waals surface area contributed by atoms with Crippen molar-refractivity contribution in [3.8, 4) is 5.75 Å². The fourth-order valence-electron chi connectivity index (χ4n) is 1.31. The second-order valence-corrected chi connectivity index (χ2v) is 4.90. The summed E-state index contributed by atoms with van der Waals surface area (Å²) in [4.78, 5) is 22.1. The number of carbonyl (C=O) groups is 2. The van der Waals surface area contributed by atoms with E-state index in [-0.39, 0.29) is 6.42 Å². The lowest BCUT2D eigenvalue weighted by Gasteiger charge is -2.10. The number of amides is 1. The van der Waals surface area contributed by atoms with Crippen molar-refractivity contribution < 1.29 is 19.1 Å². The van der Waals surface area contributed by atoms with E-state index in [2.05, 4.69) is 0 Å². The summed E-state index contributed by atoms with van der Waals surface area (Å²) in [7, 11) is 0. The van der Waals surface area contributed by atoms with Gasteiger partial charge in [-0.25, -0.2) is 0 Å². The summed E-state index contributed by atoms with van der Waals surface area (Å²) in [6.45, 7) is 1.71. The van der Waals surface area contributed by atoms with Crippen LogP contribution in [0.4, 0.5) is 0 Å². The Labute approximate surface area is 126 Å². The van der Waals surface area contributed by atoms with Gasteiger partial charge < -0.3 is 15.2 Å². The van der Waals surface area contributed by atoms with Gasteiger partial charge in [-0.3, -0.25) is 9.59 Å². The van der Waals surface area contributed by atoms with Crippen molar-refractivity contribution in [2.45, 2.75) is 25.9 Å². The Kier molecular flexibility index (Phi) is 6.61. The highest BCUT2D eigenvalue weighted by Crippen LogP contribution is 2.27. The number of nitrogens with two attached hydrogens (primary N) is 1. The molecule has 110 valence electrons. The van der Waals surface area contributed by atoms with Crippen LogP contribution in [0.25, 0.3) is 0 Å². The van der Waals surface area contributed by atoms with Crippen LogP contribution < -0.4 is 10.5 Å². The van der Waals surface area contributed by atoms with Crippen LogP contribution in [-0.4, -0.2) is 24.6 Å². The van der Waals surface area contributed by atoms with E-state index in [0.717, 1.165) is 0 Å². The summed E-state index contributed by atoms with van der Waals surface area (Å²) in [5.41, 5.74) is 4.98. The molecule has 5 nitrogen and oxygen atoms in total. The van der Waals surface area contributed by atoms with Crippen molar-refractivity contribution in [1.82, 2.24) is 0 Å².